The van der Waals surface area contributed by atoms with E-state index in [1.54, 1.807) is 25.1 Å². The number of halogens is 2. The highest BCUT2D eigenvalue weighted by Gasteiger charge is 2.30. The monoisotopic (exact) mass is 366 g/mol. The predicted molar refractivity (Wildman–Crippen MR) is 91.2 cm³/mol. The van der Waals surface area contributed by atoms with Crippen LogP contribution in [0.3, 0.4) is 0 Å². The third-order valence-corrected chi connectivity index (χ3v) is 4.20. The maximum absolute atomic E-state index is 14.0. The maximum atomic E-state index is 14.0. The normalized spacial score (nSPS) is 13.1. The van der Waals surface area contributed by atoms with Crippen LogP contribution in [0.15, 0.2) is 42.5 Å². The van der Waals surface area contributed by atoms with Crippen LogP contribution in [-0.2, 0) is 10.3 Å². The van der Waals surface area contributed by atoms with E-state index < -0.39 is 22.2 Å². The van der Waals surface area contributed by atoms with E-state index >= 15 is 0 Å². The fraction of sp³-hybridized carbons (Fsp3) is 0.235. The molecular weight excluding hydrogens is 351 g/mol. The predicted octanol–water partition coefficient (Wildman–Crippen LogP) is 3.68. The van der Waals surface area contributed by atoms with Gasteiger partial charge in [-0.15, -0.1) is 0 Å². The minimum Gasteiger partial charge on any atom is -0.372 e. The number of methoxy groups -OCH3 is 1. The van der Waals surface area contributed by atoms with Crippen molar-refractivity contribution >= 4 is 23.2 Å². The van der Waals surface area contributed by atoms with E-state index in [2.05, 4.69) is 5.32 Å². The molecule has 0 saturated carbocycles. The van der Waals surface area contributed by atoms with Crippen LogP contribution in [-0.4, -0.2) is 24.5 Å². The number of rotatable bonds is 6. The van der Waals surface area contributed by atoms with Crippen LogP contribution in [0.2, 0.25) is 5.02 Å². The summed E-state index contributed by atoms with van der Waals surface area (Å²) in [6.07, 6.45) is 0. The number of hydrogen-bond acceptors (Lipinski definition) is 4. The van der Waals surface area contributed by atoms with Crippen LogP contribution in [0, 0.1) is 15.9 Å². The van der Waals surface area contributed by atoms with Crippen molar-refractivity contribution in [3.63, 3.8) is 0 Å². The first-order valence-electron chi connectivity index (χ1n) is 7.31. The van der Waals surface area contributed by atoms with Gasteiger partial charge in [0.05, 0.1) is 22.1 Å². The van der Waals surface area contributed by atoms with Crippen molar-refractivity contribution in [1.29, 1.82) is 0 Å². The van der Waals surface area contributed by atoms with Crippen molar-refractivity contribution in [2.45, 2.75) is 12.5 Å². The number of nitrogens with zero attached hydrogens (tertiary/aromatic N) is 1. The molecule has 2 aromatic carbocycles. The Kier molecular flexibility index (Phi) is 5.71. The molecule has 0 fully saturated rings. The number of benzene rings is 2. The molecule has 1 atom stereocenters. The van der Waals surface area contributed by atoms with Gasteiger partial charge in [0, 0.05) is 24.8 Å². The van der Waals surface area contributed by atoms with Crippen LogP contribution in [0.1, 0.15) is 22.8 Å². The van der Waals surface area contributed by atoms with E-state index in [1.165, 1.54) is 25.3 Å². The van der Waals surface area contributed by atoms with Gasteiger partial charge in [-0.25, -0.2) is 4.39 Å². The molecular formula is C17H16ClFN2O4. The molecule has 25 heavy (non-hydrogen) atoms. The molecule has 2 rings (SSSR count). The van der Waals surface area contributed by atoms with Gasteiger partial charge in [0.25, 0.3) is 11.6 Å². The van der Waals surface area contributed by atoms with Crippen molar-refractivity contribution in [3.8, 4) is 0 Å². The van der Waals surface area contributed by atoms with E-state index in [9.17, 15) is 19.3 Å². The van der Waals surface area contributed by atoms with Crippen LogP contribution in [0.4, 0.5) is 10.1 Å². The second-order valence-electron chi connectivity index (χ2n) is 5.52. The Labute approximate surface area is 148 Å². The SMILES string of the molecule is COC(C)(CNC(=O)c1ccc([N+](=O)[O-])cc1Cl)c1ccccc1F. The molecule has 132 valence electrons. The number of hydrogen-bond donors (Lipinski definition) is 1. The van der Waals surface area contributed by atoms with Crippen LogP contribution >= 0.6 is 11.6 Å². The van der Waals surface area contributed by atoms with E-state index in [1.807, 2.05) is 0 Å². The number of non-ortho nitro benzene ring substituents is 1. The Hall–Kier alpha value is -2.51. The quantitative estimate of drug-likeness (QED) is 0.624. The van der Waals surface area contributed by atoms with Crippen LogP contribution in [0.5, 0.6) is 0 Å². The second-order valence-corrected chi connectivity index (χ2v) is 5.93. The molecule has 0 aromatic heterocycles. The van der Waals surface area contributed by atoms with Gasteiger partial charge in [-0.05, 0) is 19.1 Å². The molecule has 0 spiro atoms. The summed E-state index contributed by atoms with van der Waals surface area (Å²) in [6.45, 7) is 1.62. The summed E-state index contributed by atoms with van der Waals surface area (Å²) in [5.74, 6) is -0.992. The van der Waals surface area contributed by atoms with Gasteiger partial charge in [-0.3, -0.25) is 14.9 Å². The lowest BCUT2D eigenvalue weighted by Gasteiger charge is -2.29. The highest BCUT2D eigenvalue weighted by atomic mass is 35.5. The van der Waals surface area contributed by atoms with Crippen LogP contribution in [0.25, 0.3) is 0 Å². The average Bonchev–Trinajstić information content (AvgIpc) is 2.59. The number of nitro groups is 1. The Morgan fingerprint density at radius 3 is 2.60 bits per heavy atom. The average molecular weight is 367 g/mol. The number of amides is 1. The lowest BCUT2D eigenvalue weighted by Crippen LogP contribution is -2.40. The van der Waals surface area contributed by atoms with Gasteiger partial charge in [0.15, 0.2) is 0 Å². The Balaban J connectivity index is 2.18. The fourth-order valence-corrected chi connectivity index (χ4v) is 2.57. The molecule has 0 aliphatic heterocycles. The molecule has 0 saturated heterocycles. The molecule has 8 heteroatoms. The van der Waals surface area contributed by atoms with E-state index in [0.29, 0.717) is 5.56 Å². The van der Waals surface area contributed by atoms with Gasteiger partial charge in [0.1, 0.15) is 11.4 Å². The van der Waals surface area contributed by atoms with Gasteiger partial charge in [0.2, 0.25) is 0 Å². The minimum atomic E-state index is -1.09. The van der Waals surface area contributed by atoms with Crippen molar-refractivity contribution in [3.05, 3.63) is 74.5 Å². The first-order chi connectivity index (χ1) is 11.8. The lowest BCUT2D eigenvalue weighted by molar-refractivity contribution is -0.384. The highest BCUT2D eigenvalue weighted by Crippen LogP contribution is 2.27. The summed E-state index contributed by atoms with van der Waals surface area (Å²) in [4.78, 5) is 22.4. The Bertz CT molecular complexity index is 815. The van der Waals surface area contributed by atoms with Crippen LogP contribution < -0.4 is 5.32 Å². The minimum absolute atomic E-state index is 0.0173. The van der Waals surface area contributed by atoms with Crippen molar-refractivity contribution in [1.82, 2.24) is 5.32 Å². The number of carbonyl (C=O) groups excluding carboxylic acids is 1. The van der Waals surface area contributed by atoms with E-state index in [4.69, 9.17) is 16.3 Å². The smallest absolute Gasteiger partial charge is 0.270 e. The highest BCUT2D eigenvalue weighted by molar-refractivity contribution is 6.34. The molecule has 0 radical (unpaired) electrons. The standard InChI is InChI=1S/C17H16ClFN2O4/c1-17(25-2,13-5-3-4-6-15(13)19)10-20-16(22)12-8-7-11(21(23)24)9-14(12)18/h3-9H,10H2,1-2H3,(H,20,22). The molecule has 0 aliphatic rings. The van der Waals surface area contributed by atoms with Crippen molar-refractivity contribution in [2.24, 2.45) is 0 Å². The Morgan fingerprint density at radius 2 is 2.04 bits per heavy atom. The zero-order valence-corrected chi connectivity index (χ0v) is 14.3. The van der Waals surface area contributed by atoms with E-state index in [0.717, 1.165) is 6.07 Å². The molecule has 1 N–H and O–H groups in total. The third kappa shape index (κ3) is 4.12. The third-order valence-electron chi connectivity index (χ3n) is 3.89. The summed E-state index contributed by atoms with van der Waals surface area (Å²) in [6, 6.07) is 9.67. The lowest BCUT2D eigenvalue weighted by atomic mass is 9.95. The first kappa shape index (κ1) is 18.8. The van der Waals surface area contributed by atoms with Crippen molar-refractivity contribution in [2.75, 3.05) is 13.7 Å². The molecule has 6 nitrogen and oxygen atoms in total. The second kappa shape index (κ2) is 7.58. The summed E-state index contributed by atoms with van der Waals surface area (Å²) < 4.78 is 19.4. The molecule has 1 unspecified atom stereocenters. The molecule has 0 aliphatic carbocycles. The zero-order chi connectivity index (χ0) is 18.6. The fourth-order valence-electron chi connectivity index (χ4n) is 2.31. The number of ether oxygens (including phenoxy) is 1. The van der Waals surface area contributed by atoms with Gasteiger partial charge in [-0.2, -0.15) is 0 Å². The number of nitrogens with one attached hydrogen (secondary N) is 1. The summed E-state index contributed by atoms with van der Waals surface area (Å²) >= 11 is 5.94. The molecule has 0 bridgehead atoms. The molecule has 2 aromatic rings. The van der Waals surface area contributed by atoms with Gasteiger partial charge in [-0.1, -0.05) is 29.8 Å². The maximum Gasteiger partial charge on any atom is 0.270 e. The van der Waals surface area contributed by atoms with E-state index in [-0.39, 0.29) is 22.8 Å². The molecule has 1 amide bonds. The first-order valence-corrected chi connectivity index (χ1v) is 7.68. The molecule has 0 heterocycles. The summed E-state index contributed by atoms with van der Waals surface area (Å²) in [5.41, 5.74) is -0.921. The van der Waals surface area contributed by atoms with Gasteiger partial charge >= 0.3 is 0 Å². The Morgan fingerprint density at radius 1 is 1.36 bits per heavy atom. The number of nitro benzene ring substituents is 1. The number of carbonyl (C=O) groups is 1. The summed E-state index contributed by atoms with van der Waals surface area (Å²) in [5, 5.41) is 13.3. The zero-order valence-electron chi connectivity index (χ0n) is 13.6. The van der Waals surface area contributed by atoms with Crippen molar-refractivity contribution < 1.29 is 18.8 Å². The largest absolute Gasteiger partial charge is 0.372 e. The topological polar surface area (TPSA) is 81.5 Å². The van der Waals surface area contributed by atoms with Gasteiger partial charge < -0.3 is 10.1 Å². The summed E-state index contributed by atoms with van der Waals surface area (Å²) in [7, 11) is 1.41.